The highest BCUT2D eigenvalue weighted by molar-refractivity contribution is 9.11. The second kappa shape index (κ2) is 5.20. The number of halogens is 2. The molecule has 1 aromatic rings. The topological polar surface area (TPSA) is 80.9 Å². The van der Waals surface area contributed by atoms with Crippen LogP contribution in [0.25, 0.3) is 0 Å². The van der Waals surface area contributed by atoms with Gasteiger partial charge in [-0.25, -0.2) is 9.97 Å². The molecule has 3 N–H and O–H groups in total. The lowest BCUT2D eigenvalue weighted by Crippen LogP contribution is -2.37. The molecule has 0 radical (unpaired) electrons. The van der Waals surface area contributed by atoms with E-state index in [9.17, 15) is 4.79 Å². The van der Waals surface area contributed by atoms with E-state index in [-0.39, 0.29) is 12.5 Å². The molecule has 0 saturated heterocycles. The van der Waals surface area contributed by atoms with Crippen molar-refractivity contribution in [1.29, 1.82) is 0 Å². The predicted molar refractivity (Wildman–Crippen MR) is 68.9 cm³/mol. The first-order valence-corrected chi connectivity index (χ1v) is 6.15. The van der Waals surface area contributed by atoms with Crippen LogP contribution in [0.4, 0.5) is 5.82 Å². The van der Waals surface area contributed by atoms with Crippen LogP contribution in [-0.4, -0.2) is 22.4 Å². The number of nitrogens with two attached hydrogens (primary N) is 1. The smallest absolute Gasteiger partial charge is 0.232 e. The molecular weight excluding hydrogens is 340 g/mol. The molecule has 0 aliphatic heterocycles. The van der Waals surface area contributed by atoms with E-state index in [0.29, 0.717) is 15.0 Å². The van der Waals surface area contributed by atoms with Crippen LogP contribution in [0.5, 0.6) is 0 Å². The molecule has 1 heterocycles. The summed E-state index contributed by atoms with van der Waals surface area (Å²) in [4.78, 5) is 19.9. The zero-order valence-electron chi connectivity index (χ0n) is 8.92. The Bertz CT molecular complexity index is 408. The first-order valence-electron chi connectivity index (χ1n) is 4.56. The Balaban J connectivity index is 2.85. The molecule has 0 aliphatic rings. The van der Waals surface area contributed by atoms with Crippen molar-refractivity contribution in [2.45, 2.75) is 13.8 Å². The number of amides is 1. The first kappa shape index (κ1) is 13.5. The SMILES string of the molecule is CC(C)(CN)C(=O)Nc1ncc(Br)nc1Br. The molecule has 0 aromatic carbocycles. The standard InChI is InChI=1S/C9H12Br2N4O/c1-9(2,4-12)8(16)15-7-6(11)14-5(10)3-13-7/h3H,4,12H2,1-2H3,(H,13,15,16). The Hall–Kier alpha value is -0.530. The van der Waals surface area contributed by atoms with Crippen molar-refractivity contribution in [3.63, 3.8) is 0 Å². The molecule has 1 aromatic heterocycles. The van der Waals surface area contributed by atoms with Gasteiger partial charge in [-0.2, -0.15) is 0 Å². The minimum Gasteiger partial charge on any atom is -0.329 e. The molecule has 0 bridgehead atoms. The van der Waals surface area contributed by atoms with E-state index in [1.54, 1.807) is 13.8 Å². The number of anilines is 1. The molecule has 0 unspecified atom stereocenters. The highest BCUT2D eigenvalue weighted by Crippen LogP contribution is 2.22. The quantitative estimate of drug-likeness (QED) is 0.871. The van der Waals surface area contributed by atoms with Gasteiger partial charge in [0.25, 0.3) is 0 Å². The average molecular weight is 352 g/mol. The van der Waals surface area contributed by atoms with Crippen molar-refractivity contribution in [2.24, 2.45) is 11.1 Å². The summed E-state index contributed by atoms with van der Waals surface area (Å²) in [5, 5.41) is 2.67. The number of nitrogens with zero attached hydrogens (tertiary/aromatic N) is 2. The van der Waals surface area contributed by atoms with Crippen LogP contribution in [0.15, 0.2) is 15.4 Å². The number of carbonyl (C=O) groups is 1. The van der Waals surface area contributed by atoms with Crippen molar-refractivity contribution < 1.29 is 4.79 Å². The number of aromatic nitrogens is 2. The van der Waals surface area contributed by atoms with E-state index in [1.807, 2.05) is 0 Å². The monoisotopic (exact) mass is 350 g/mol. The van der Waals surface area contributed by atoms with E-state index in [0.717, 1.165) is 0 Å². The summed E-state index contributed by atoms with van der Waals surface area (Å²) in [6.45, 7) is 3.80. The number of carbonyl (C=O) groups excluding carboxylic acids is 1. The number of hydrogen-bond donors (Lipinski definition) is 2. The molecule has 1 amide bonds. The Morgan fingerprint density at radius 1 is 1.56 bits per heavy atom. The molecule has 1 rings (SSSR count). The van der Waals surface area contributed by atoms with Gasteiger partial charge in [-0.15, -0.1) is 0 Å². The van der Waals surface area contributed by atoms with Crippen LogP contribution < -0.4 is 11.1 Å². The summed E-state index contributed by atoms with van der Waals surface area (Å²) in [7, 11) is 0. The minimum atomic E-state index is -0.631. The molecule has 0 atom stereocenters. The van der Waals surface area contributed by atoms with Gasteiger partial charge in [0.05, 0.1) is 11.6 Å². The molecule has 0 aliphatic carbocycles. The lowest BCUT2D eigenvalue weighted by atomic mass is 9.93. The van der Waals surface area contributed by atoms with Crippen LogP contribution >= 0.6 is 31.9 Å². The molecular formula is C9H12Br2N4O. The van der Waals surface area contributed by atoms with Gasteiger partial charge in [0.2, 0.25) is 5.91 Å². The van der Waals surface area contributed by atoms with Crippen LogP contribution in [0.3, 0.4) is 0 Å². The Morgan fingerprint density at radius 2 is 2.19 bits per heavy atom. The van der Waals surface area contributed by atoms with E-state index in [1.165, 1.54) is 6.20 Å². The molecule has 0 spiro atoms. The number of hydrogen-bond acceptors (Lipinski definition) is 4. The van der Waals surface area contributed by atoms with Gasteiger partial charge in [-0.3, -0.25) is 4.79 Å². The summed E-state index contributed by atoms with van der Waals surface area (Å²) < 4.78 is 1.07. The molecule has 0 saturated carbocycles. The lowest BCUT2D eigenvalue weighted by molar-refractivity contribution is -0.123. The van der Waals surface area contributed by atoms with E-state index in [4.69, 9.17) is 5.73 Å². The third-order valence-electron chi connectivity index (χ3n) is 2.06. The highest BCUT2D eigenvalue weighted by Gasteiger charge is 2.26. The predicted octanol–water partition coefficient (Wildman–Crippen LogP) is 1.92. The summed E-state index contributed by atoms with van der Waals surface area (Å²) in [5.41, 5.74) is 4.88. The third kappa shape index (κ3) is 3.23. The second-order valence-electron chi connectivity index (χ2n) is 3.87. The number of nitrogens with one attached hydrogen (secondary N) is 1. The molecule has 16 heavy (non-hydrogen) atoms. The van der Waals surface area contributed by atoms with Gasteiger partial charge >= 0.3 is 0 Å². The summed E-state index contributed by atoms with van der Waals surface area (Å²) in [5.74, 6) is 0.196. The van der Waals surface area contributed by atoms with Crippen LogP contribution in [0.1, 0.15) is 13.8 Å². The fraction of sp³-hybridized carbons (Fsp3) is 0.444. The van der Waals surface area contributed by atoms with Gasteiger partial charge in [0, 0.05) is 6.54 Å². The highest BCUT2D eigenvalue weighted by atomic mass is 79.9. The van der Waals surface area contributed by atoms with Crippen LogP contribution in [0.2, 0.25) is 0 Å². The van der Waals surface area contributed by atoms with Crippen LogP contribution in [0, 0.1) is 5.41 Å². The van der Waals surface area contributed by atoms with Gasteiger partial charge in [0.1, 0.15) is 9.21 Å². The van der Waals surface area contributed by atoms with Gasteiger partial charge in [-0.05, 0) is 45.7 Å². The summed E-state index contributed by atoms with van der Waals surface area (Å²) >= 11 is 6.39. The first-order chi connectivity index (χ1) is 7.36. The van der Waals surface area contributed by atoms with Crippen molar-refractivity contribution in [3.05, 3.63) is 15.4 Å². The third-order valence-corrected chi connectivity index (χ3v) is 2.99. The van der Waals surface area contributed by atoms with Crippen molar-refractivity contribution in [2.75, 3.05) is 11.9 Å². The molecule has 5 nitrogen and oxygen atoms in total. The van der Waals surface area contributed by atoms with Crippen molar-refractivity contribution in [3.8, 4) is 0 Å². The van der Waals surface area contributed by atoms with Crippen molar-refractivity contribution in [1.82, 2.24) is 9.97 Å². The Morgan fingerprint density at radius 3 is 2.69 bits per heavy atom. The van der Waals surface area contributed by atoms with Gasteiger partial charge in [0.15, 0.2) is 5.82 Å². The van der Waals surface area contributed by atoms with E-state index < -0.39 is 5.41 Å². The average Bonchev–Trinajstić information content (AvgIpc) is 2.22. The number of rotatable bonds is 3. The maximum atomic E-state index is 11.8. The summed E-state index contributed by atoms with van der Waals surface area (Å²) in [6, 6.07) is 0. The Kier molecular flexibility index (Phi) is 4.40. The normalized spacial score (nSPS) is 11.3. The van der Waals surface area contributed by atoms with E-state index >= 15 is 0 Å². The van der Waals surface area contributed by atoms with Gasteiger partial charge < -0.3 is 11.1 Å². The van der Waals surface area contributed by atoms with E-state index in [2.05, 4.69) is 47.1 Å². The maximum absolute atomic E-state index is 11.8. The molecule has 0 fully saturated rings. The second-order valence-corrected chi connectivity index (χ2v) is 5.44. The Labute approximate surface area is 110 Å². The lowest BCUT2D eigenvalue weighted by Gasteiger charge is -2.20. The zero-order valence-corrected chi connectivity index (χ0v) is 12.1. The summed E-state index contributed by atoms with van der Waals surface area (Å²) in [6.07, 6.45) is 1.51. The van der Waals surface area contributed by atoms with Crippen molar-refractivity contribution >= 4 is 43.6 Å². The molecule has 88 valence electrons. The fourth-order valence-corrected chi connectivity index (χ4v) is 1.71. The van der Waals surface area contributed by atoms with Gasteiger partial charge in [-0.1, -0.05) is 0 Å². The minimum absolute atomic E-state index is 0.188. The largest absolute Gasteiger partial charge is 0.329 e. The van der Waals surface area contributed by atoms with Crippen LogP contribution in [-0.2, 0) is 4.79 Å². The maximum Gasteiger partial charge on any atom is 0.232 e. The molecule has 7 heteroatoms. The fourth-order valence-electron chi connectivity index (χ4n) is 0.800. The zero-order chi connectivity index (χ0) is 12.3.